The summed E-state index contributed by atoms with van der Waals surface area (Å²) >= 11 is 0. The average Bonchev–Trinajstić information content (AvgIpc) is 2.98. The largest absolute Gasteiger partial charge is 0.493 e. The van der Waals surface area contributed by atoms with E-state index < -0.39 is 0 Å². The molecule has 0 saturated carbocycles. The number of nitrogens with zero attached hydrogens (tertiary/aromatic N) is 1. The Morgan fingerprint density at radius 2 is 2.32 bits per heavy atom. The summed E-state index contributed by atoms with van der Waals surface area (Å²) in [7, 11) is 2.04. The summed E-state index contributed by atoms with van der Waals surface area (Å²) in [6.45, 7) is 5.56. The van der Waals surface area contributed by atoms with Gasteiger partial charge in [-0.1, -0.05) is 12.1 Å². The third-order valence-electron chi connectivity index (χ3n) is 4.02. The maximum Gasteiger partial charge on any atom is 0.122 e. The SMILES string of the molecule is CNCC1CCN(Cc2ccc3c(c2)CCO3)C1.Cl. The van der Waals surface area contributed by atoms with Gasteiger partial charge in [-0.2, -0.15) is 0 Å². The van der Waals surface area contributed by atoms with Crippen molar-refractivity contribution in [2.24, 2.45) is 5.92 Å². The zero-order valence-electron chi connectivity index (χ0n) is 11.5. The lowest BCUT2D eigenvalue weighted by Gasteiger charge is -2.16. The average molecular weight is 283 g/mol. The van der Waals surface area contributed by atoms with E-state index in [2.05, 4.69) is 28.4 Å². The number of hydrogen-bond acceptors (Lipinski definition) is 3. The lowest BCUT2D eigenvalue weighted by molar-refractivity contribution is 0.315. The highest BCUT2D eigenvalue weighted by molar-refractivity contribution is 5.85. The van der Waals surface area contributed by atoms with Gasteiger partial charge in [-0.25, -0.2) is 0 Å². The molecule has 106 valence electrons. The summed E-state index contributed by atoms with van der Waals surface area (Å²) in [4.78, 5) is 2.57. The molecular formula is C15H23ClN2O. The second kappa shape index (κ2) is 6.60. The molecule has 0 bridgehead atoms. The highest BCUT2D eigenvalue weighted by Gasteiger charge is 2.22. The molecule has 1 saturated heterocycles. The number of ether oxygens (including phenoxy) is 1. The second-order valence-electron chi connectivity index (χ2n) is 5.49. The molecule has 2 heterocycles. The molecule has 1 atom stereocenters. The van der Waals surface area contributed by atoms with Crippen LogP contribution in [0.4, 0.5) is 0 Å². The summed E-state index contributed by atoms with van der Waals surface area (Å²) < 4.78 is 5.55. The molecule has 1 aromatic carbocycles. The molecule has 0 aromatic heterocycles. The maximum atomic E-state index is 5.55. The molecule has 1 unspecified atom stereocenters. The Kier molecular flexibility index (Phi) is 5.08. The Balaban J connectivity index is 0.00000133. The third kappa shape index (κ3) is 3.41. The summed E-state index contributed by atoms with van der Waals surface area (Å²) in [5.74, 6) is 1.92. The van der Waals surface area contributed by atoms with Crippen LogP contribution in [-0.2, 0) is 13.0 Å². The predicted molar refractivity (Wildman–Crippen MR) is 80.2 cm³/mol. The van der Waals surface area contributed by atoms with E-state index in [1.165, 1.54) is 30.6 Å². The molecule has 1 N–H and O–H groups in total. The van der Waals surface area contributed by atoms with Gasteiger partial charge in [0.25, 0.3) is 0 Å². The highest BCUT2D eigenvalue weighted by Crippen LogP contribution is 2.27. The van der Waals surface area contributed by atoms with Crippen LogP contribution in [0.2, 0.25) is 0 Å². The van der Waals surface area contributed by atoms with Crippen LogP contribution in [0, 0.1) is 5.92 Å². The van der Waals surface area contributed by atoms with Crippen LogP contribution >= 0.6 is 12.4 Å². The molecule has 1 fully saturated rings. The van der Waals surface area contributed by atoms with Crippen molar-refractivity contribution in [2.75, 3.05) is 33.3 Å². The molecule has 0 spiro atoms. The van der Waals surface area contributed by atoms with Crippen LogP contribution < -0.4 is 10.1 Å². The van der Waals surface area contributed by atoms with Crippen molar-refractivity contribution >= 4 is 12.4 Å². The molecule has 1 aromatic rings. The zero-order chi connectivity index (χ0) is 12.4. The first kappa shape index (κ1) is 14.6. The summed E-state index contributed by atoms with van der Waals surface area (Å²) in [6.07, 6.45) is 2.40. The second-order valence-corrected chi connectivity index (χ2v) is 5.49. The van der Waals surface area contributed by atoms with E-state index in [-0.39, 0.29) is 12.4 Å². The van der Waals surface area contributed by atoms with E-state index in [0.717, 1.165) is 37.8 Å². The Hall–Kier alpha value is -0.770. The molecule has 2 aliphatic rings. The summed E-state index contributed by atoms with van der Waals surface area (Å²) in [5.41, 5.74) is 2.82. The number of halogens is 1. The van der Waals surface area contributed by atoms with Crippen molar-refractivity contribution in [1.82, 2.24) is 10.2 Å². The van der Waals surface area contributed by atoms with Crippen LogP contribution in [0.25, 0.3) is 0 Å². The van der Waals surface area contributed by atoms with Gasteiger partial charge in [0.1, 0.15) is 5.75 Å². The molecular weight excluding hydrogens is 260 g/mol. The van der Waals surface area contributed by atoms with Gasteiger partial charge < -0.3 is 10.1 Å². The van der Waals surface area contributed by atoms with Crippen LogP contribution in [0.5, 0.6) is 5.75 Å². The van der Waals surface area contributed by atoms with Crippen LogP contribution in [0.15, 0.2) is 18.2 Å². The van der Waals surface area contributed by atoms with E-state index in [9.17, 15) is 0 Å². The Labute approximate surface area is 121 Å². The molecule has 2 aliphatic heterocycles. The lowest BCUT2D eigenvalue weighted by atomic mass is 10.1. The van der Waals surface area contributed by atoms with Crippen molar-refractivity contribution in [1.29, 1.82) is 0 Å². The molecule has 3 nitrogen and oxygen atoms in total. The van der Waals surface area contributed by atoms with Crippen LogP contribution in [0.1, 0.15) is 17.5 Å². The first-order valence-corrected chi connectivity index (χ1v) is 6.96. The highest BCUT2D eigenvalue weighted by atomic mass is 35.5. The van der Waals surface area contributed by atoms with Gasteiger partial charge in [0.15, 0.2) is 0 Å². The Bertz CT molecular complexity index is 425. The molecule has 4 heteroatoms. The van der Waals surface area contributed by atoms with Gasteiger partial charge in [0.05, 0.1) is 6.61 Å². The number of fused-ring (bicyclic) bond motifs is 1. The standard InChI is InChI=1S/C15H22N2O.ClH/c1-16-9-13-4-6-17(11-13)10-12-2-3-15-14(8-12)5-7-18-15;/h2-3,8,13,16H,4-7,9-11H2,1H3;1H. The van der Waals surface area contributed by atoms with Gasteiger partial charge in [0.2, 0.25) is 0 Å². The lowest BCUT2D eigenvalue weighted by Crippen LogP contribution is -2.24. The molecule has 0 amide bonds. The van der Waals surface area contributed by atoms with Gasteiger partial charge in [0, 0.05) is 19.5 Å². The monoisotopic (exact) mass is 282 g/mol. The van der Waals surface area contributed by atoms with Crippen molar-refractivity contribution in [3.63, 3.8) is 0 Å². The molecule has 0 radical (unpaired) electrons. The van der Waals surface area contributed by atoms with Crippen LogP contribution in [-0.4, -0.2) is 38.2 Å². The predicted octanol–water partition coefficient (Wildman–Crippen LogP) is 2.08. The van der Waals surface area contributed by atoms with Crippen molar-refractivity contribution < 1.29 is 4.74 Å². The normalized spacial score (nSPS) is 21.8. The van der Waals surface area contributed by atoms with Gasteiger partial charge in [-0.05, 0) is 49.7 Å². The first-order chi connectivity index (χ1) is 8.85. The van der Waals surface area contributed by atoms with Crippen molar-refractivity contribution in [2.45, 2.75) is 19.4 Å². The first-order valence-electron chi connectivity index (χ1n) is 6.96. The third-order valence-corrected chi connectivity index (χ3v) is 4.02. The number of benzene rings is 1. The maximum absolute atomic E-state index is 5.55. The van der Waals surface area contributed by atoms with E-state index in [0.29, 0.717) is 0 Å². The molecule has 3 rings (SSSR count). The minimum absolute atomic E-state index is 0. The summed E-state index contributed by atoms with van der Waals surface area (Å²) in [5, 5.41) is 3.28. The van der Waals surface area contributed by atoms with E-state index in [1.807, 2.05) is 7.05 Å². The Morgan fingerprint density at radius 1 is 1.42 bits per heavy atom. The number of rotatable bonds is 4. The quantitative estimate of drug-likeness (QED) is 0.915. The molecule has 0 aliphatic carbocycles. The van der Waals surface area contributed by atoms with Crippen molar-refractivity contribution in [3.8, 4) is 5.75 Å². The summed E-state index contributed by atoms with van der Waals surface area (Å²) in [6, 6.07) is 6.68. The minimum Gasteiger partial charge on any atom is -0.493 e. The van der Waals surface area contributed by atoms with E-state index in [1.54, 1.807) is 0 Å². The van der Waals surface area contributed by atoms with E-state index in [4.69, 9.17) is 4.74 Å². The topological polar surface area (TPSA) is 24.5 Å². The fourth-order valence-electron chi connectivity index (χ4n) is 3.11. The van der Waals surface area contributed by atoms with Gasteiger partial charge >= 0.3 is 0 Å². The minimum atomic E-state index is 0. The number of nitrogens with one attached hydrogen (secondary N) is 1. The number of hydrogen-bond donors (Lipinski definition) is 1. The smallest absolute Gasteiger partial charge is 0.122 e. The number of likely N-dealkylation sites (tertiary alicyclic amines) is 1. The van der Waals surface area contributed by atoms with Gasteiger partial charge in [-0.3, -0.25) is 4.90 Å². The fourth-order valence-corrected chi connectivity index (χ4v) is 3.11. The van der Waals surface area contributed by atoms with Gasteiger partial charge in [-0.15, -0.1) is 12.4 Å². The Morgan fingerprint density at radius 3 is 3.16 bits per heavy atom. The zero-order valence-corrected chi connectivity index (χ0v) is 12.3. The van der Waals surface area contributed by atoms with E-state index >= 15 is 0 Å². The van der Waals surface area contributed by atoms with Crippen LogP contribution in [0.3, 0.4) is 0 Å². The fraction of sp³-hybridized carbons (Fsp3) is 0.600. The molecule has 19 heavy (non-hydrogen) atoms. The van der Waals surface area contributed by atoms with Crippen molar-refractivity contribution in [3.05, 3.63) is 29.3 Å².